The highest BCUT2D eigenvalue weighted by Gasteiger charge is 2.19. The van der Waals surface area contributed by atoms with E-state index in [1.807, 2.05) is 0 Å². The third kappa shape index (κ3) is 1.49. The van der Waals surface area contributed by atoms with E-state index in [1.165, 1.54) is 6.20 Å². The van der Waals surface area contributed by atoms with Crippen LogP contribution in [0.2, 0.25) is 5.02 Å². The lowest BCUT2D eigenvalue weighted by Crippen LogP contribution is -2.11. The van der Waals surface area contributed by atoms with E-state index in [0.29, 0.717) is 15.9 Å². The van der Waals surface area contributed by atoms with Crippen molar-refractivity contribution in [1.82, 2.24) is 4.98 Å². The summed E-state index contributed by atoms with van der Waals surface area (Å²) >= 11 is 5.86. The first-order chi connectivity index (χ1) is 7.11. The molecule has 4 nitrogen and oxygen atoms in total. The largest absolute Gasteiger partial charge is 0.475 e. The number of carboxylic acids is 1. The third-order valence-corrected chi connectivity index (χ3v) is 2.42. The van der Waals surface area contributed by atoms with Gasteiger partial charge in [0.05, 0.1) is 16.1 Å². The van der Waals surface area contributed by atoms with E-state index >= 15 is 0 Å². The Morgan fingerprint density at radius 3 is 2.73 bits per heavy atom. The number of halogens is 1. The third-order valence-electron chi connectivity index (χ3n) is 2.10. The molecule has 0 spiro atoms. The molecule has 0 radical (unpaired) electrons. The van der Waals surface area contributed by atoms with Crippen molar-refractivity contribution >= 4 is 34.3 Å². The standard InChI is InChI=1S/C10H6ClNO3/c11-7-3-1-2-5-6(4-12-8(5)7)9(13)10(14)15/h1-4,12H,(H,14,15). The molecule has 15 heavy (non-hydrogen) atoms. The maximum absolute atomic E-state index is 11.3. The van der Waals surface area contributed by atoms with Gasteiger partial charge in [-0.25, -0.2) is 4.79 Å². The van der Waals surface area contributed by atoms with Crippen LogP contribution in [0.25, 0.3) is 10.9 Å². The molecule has 0 atom stereocenters. The van der Waals surface area contributed by atoms with E-state index in [2.05, 4.69) is 4.98 Å². The molecule has 0 aliphatic heterocycles. The summed E-state index contributed by atoms with van der Waals surface area (Å²) in [5.41, 5.74) is 0.698. The van der Waals surface area contributed by atoms with Crippen molar-refractivity contribution in [2.75, 3.05) is 0 Å². The Labute approximate surface area is 89.5 Å². The number of rotatable bonds is 2. The number of aromatic amines is 1. The molecule has 0 saturated heterocycles. The van der Waals surface area contributed by atoms with Crippen LogP contribution >= 0.6 is 11.6 Å². The molecular weight excluding hydrogens is 218 g/mol. The molecule has 0 saturated carbocycles. The summed E-state index contributed by atoms with van der Waals surface area (Å²) < 4.78 is 0. The van der Waals surface area contributed by atoms with Crippen LogP contribution < -0.4 is 0 Å². The lowest BCUT2D eigenvalue weighted by atomic mass is 10.1. The first-order valence-electron chi connectivity index (χ1n) is 4.14. The molecule has 2 rings (SSSR count). The minimum Gasteiger partial charge on any atom is -0.475 e. The Balaban J connectivity index is 2.69. The number of para-hydroxylation sites is 1. The highest BCUT2D eigenvalue weighted by Crippen LogP contribution is 2.25. The zero-order chi connectivity index (χ0) is 11.0. The van der Waals surface area contributed by atoms with E-state index in [9.17, 15) is 9.59 Å². The first-order valence-corrected chi connectivity index (χ1v) is 4.52. The van der Waals surface area contributed by atoms with Gasteiger partial charge in [0.2, 0.25) is 0 Å². The quantitative estimate of drug-likeness (QED) is 0.605. The highest BCUT2D eigenvalue weighted by atomic mass is 35.5. The number of carbonyl (C=O) groups excluding carboxylic acids is 1. The van der Waals surface area contributed by atoms with Gasteiger partial charge in [-0.05, 0) is 6.07 Å². The summed E-state index contributed by atoms with van der Waals surface area (Å²) in [7, 11) is 0. The van der Waals surface area contributed by atoms with E-state index in [-0.39, 0.29) is 5.56 Å². The van der Waals surface area contributed by atoms with E-state index < -0.39 is 11.8 Å². The Bertz CT molecular complexity index is 559. The van der Waals surface area contributed by atoms with Crippen LogP contribution in [0.5, 0.6) is 0 Å². The van der Waals surface area contributed by atoms with Gasteiger partial charge in [-0.2, -0.15) is 0 Å². The maximum Gasteiger partial charge on any atom is 0.377 e. The Morgan fingerprint density at radius 2 is 2.07 bits per heavy atom. The fourth-order valence-corrected chi connectivity index (χ4v) is 1.65. The van der Waals surface area contributed by atoms with Crippen molar-refractivity contribution in [1.29, 1.82) is 0 Å². The number of H-pyrrole nitrogens is 1. The predicted molar refractivity (Wildman–Crippen MR) is 55.3 cm³/mol. The number of nitrogens with one attached hydrogen (secondary N) is 1. The van der Waals surface area contributed by atoms with Crippen LogP contribution in [0.3, 0.4) is 0 Å². The fourth-order valence-electron chi connectivity index (χ4n) is 1.42. The summed E-state index contributed by atoms with van der Waals surface area (Å²) in [6.45, 7) is 0. The molecule has 0 unspecified atom stereocenters. The van der Waals surface area contributed by atoms with Gasteiger partial charge < -0.3 is 10.1 Å². The molecule has 1 heterocycles. The molecule has 76 valence electrons. The number of hydrogen-bond acceptors (Lipinski definition) is 2. The smallest absolute Gasteiger partial charge is 0.377 e. The molecule has 0 amide bonds. The second-order valence-corrected chi connectivity index (χ2v) is 3.41. The minimum absolute atomic E-state index is 0.125. The van der Waals surface area contributed by atoms with Gasteiger partial charge in [0.25, 0.3) is 5.78 Å². The van der Waals surface area contributed by atoms with Gasteiger partial charge in [-0.1, -0.05) is 23.7 Å². The lowest BCUT2D eigenvalue weighted by Gasteiger charge is -1.94. The summed E-state index contributed by atoms with van der Waals surface area (Å²) in [5.74, 6) is -2.42. The number of carboxylic acid groups (broad SMARTS) is 1. The number of carbonyl (C=O) groups is 2. The van der Waals surface area contributed by atoms with Gasteiger partial charge >= 0.3 is 5.97 Å². The zero-order valence-electron chi connectivity index (χ0n) is 7.45. The van der Waals surface area contributed by atoms with Crippen molar-refractivity contribution in [2.45, 2.75) is 0 Å². The van der Waals surface area contributed by atoms with Crippen LogP contribution in [0.4, 0.5) is 0 Å². The summed E-state index contributed by atoms with van der Waals surface area (Å²) in [6, 6.07) is 4.97. The Kier molecular flexibility index (Phi) is 2.21. The molecule has 2 N–H and O–H groups in total. The highest BCUT2D eigenvalue weighted by molar-refractivity contribution is 6.43. The van der Waals surface area contributed by atoms with Crippen LogP contribution in [0.15, 0.2) is 24.4 Å². The van der Waals surface area contributed by atoms with E-state index in [1.54, 1.807) is 18.2 Å². The van der Waals surface area contributed by atoms with Crippen LogP contribution in [-0.2, 0) is 4.79 Å². The molecule has 2 aromatic rings. The molecule has 5 heteroatoms. The van der Waals surface area contributed by atoms with Gasteiger partial charge in [0.15, 0.2) is 0 Å². The molecule has 1 aromatic heterocycles. The summed E-state index contributed by atoms with van der Waals surface area (Å²) in [6.07, 6.45) is 1.35. The first kappa shape index (κ1) is 9.73. The van der Waals surface area contributed by atoms with Crippen molar-refractivity contribution < 1.29 is 14.7 Å². The maximum atomic E-state index is 11.3. The molecule has 1 aromatic carbocycles. The SMILES string of the molecule is O=C(O)C(=O)c1c[nH]c2c(Cl)cccc12. The minimum atomic E-state index is -1.48. The second kappa shape index (κ2) is 3.40. The van der Waals surface area contributed by atoms with E-state index in [0.717, 1.165) is 0 Å². The number of fused-ring (bicyclic) bond motifs is 1. The lowest BCUT2D eigenvalue weighted by molar-refractivity contribution is -0.131. The summed E-state index contributed by atoms with van der Waals surface area (Å²) in [5, 5.41) is 9.56. The van der Waals surface area contributed by atoms with Crippen LogP contribution in [0, 0.1) is 0 Å². The number of benzene rings is 1. The van der Waals surface area contributed by atoms with Crippen molar-refractivity contribution in [3.63, 3.8) is 0 Å². The number of ketones is 1. The fraction of sp³-hybridized carbons (Fsp3) is 0. The topological polar surface area (TPSA) is 70.2 Å². The molecule has 0 bridgehead atoms. The molecule has 0 fully saturated rings. The number of aliphatic carboxylic acids is 1. The second-order valence-electron chi connectivity index (χ2n) is 3.00. The van der Waals surface area contributed by atoms with Gasteiger partial charge in [0.1, 0.15) is 0 Å². The normalized spacial score (nSPS) is 10.5. The van der Waals surface area contributed by atoms with E-state index in [4.69, 9.17) is 16.7 Å². The number of hydrogen-bond donors (Lipinski definition) is 2. The van der Waals surface area contributed by atoms with Gasteiger partial charge in [0, 0.05) is 11.6 Å². The van der Waals surface area contributed by atoms with Gasteiger partial charge in [-0.15, -0.1) is 0 Å². The van der Waals surface area contributed by atoms with Crippen LogP contribution in [-0.4, -0.2) is 21.8 Å². The average molecular weight is 224 g/mol. The molecular formula is C10H6ClNO3. The number of Topliss-reactive ketones (excluding diaryl/α,β-unsaturated/α-hetero) is 1. The van der Waals surface area contributed by atoms with Crippen LogP contribution in [0.1, 0.15) is 10.4 Å². The predicted octanol–water partition coefficient (Wildman–Crippen LogP) is 2.09. The number of aromatic nitrogens is 1. The Morgan fingerprint density at radius 1 is 1.33 bits per heavy atom. The van der Waals surface area contributed by atoms with Crippen molar-refractivity contribution in [2.24, 2.45) is 0 Å². The molecule has 0 aliphatic carbocycles. The summed E-state index contributed by atoms with van der Waals surface area (Å²) in [4.78, 5) is 24.6. The monoisotopic (exact) mass is 223 g/mol. The zero-order valence-corrected chi connectivity index (χ0v) is 8.21. The average Bonchev–Trinajstić information content (AvgIpc) is 2.61. The molecule has 0 aliphatic rings. The van der Waals surface area contributed by atoms with Crippen molar-refractivity contribution in [3.8, 4) is 0 Å². The van der Waals surface area contributed by atoms with Crippen molar-refractivity contribution in [3.05, 3.63) is 35.0 Å². The van der Waals surface area contributed by atoms with Gasteiger partial charge in [-0.3, -0.25) is 4.79 Å². The Hall–Kier alpha value is -1.81.